The molecule has 1 aromatic carbocycles. The molecule has 21 heavy (non-hydrogen) atoms. The number of hydrogen-bond donors (Lipinski definition) is 1. The Morgan fingerprint density at radius 1 is 1.19 bits per heavy atom. The maximum atomic E-state index is 11.0. The van der Waals surface area contributed by atoms with E-state index in [-0.39, 0.29) is 0 Å². The molecule has 0 saturated carbocycles. The van der Waals surface area contributed by atoms with Gasteiger partial charge < -0.3 is 5.11 Å². The number of likely N-dealkylation sites (N-methyl/N-ethyl adjacent to an activating group) is 1. The Bertz CT molecular complexity index is 584. The first kappa shape index (κ1) is 15.2. The summed E-state index contributed by atoms with van der Waals surface area (Å²) in [6.07, 6.45) is 4.58. The number of nitrogens with zero attached hydrogens (tertiary/aromatic N) is 2. The molecular formula is C17H20N2O2. The zero-order valence-electron chi connectivity index (χ0n) is 12.2. The second kappa shape index (κ2) is 7.55. The van der Waals surface area contributed by atoms with Crippen LogP contribution in [0.3, 0.4) is 0 Å². The van der Waals surface area contributed by atoms with Crippen molar-refractivity contribution in [2.24, 2.45) is 0 Å². The smallest absolute Gasteiger partial charge is 0.335 e. The molecule has 0 saturated heterocycles. The lowest BCUT2D eigenvalue weighted by Gasteiger charge is -2.20. The van der Waals surface area contributed by atoms with Crippen LogP contribution in [0.1, 0.15) is 28.4 Å². The average Bonchev–Trinajstić information content (AvgIpc) is 2.52. The molecule has 1 aromatic heterocycles. The minimum absolute atomic E-state index is 0.345. The fourth-order valence-corrected chi connectivity index (χ4v) is 2.25. The van der Waals surface area contributed by atoms with E-state index in [9.17, 15) is 4.79 Å². The maximum absolute atomic E-state index is 11.0. The first-order valence-corrected chi connectivity index (χ1v) is 7.12. The Kier molecular flexibility index (Phi) is 5.46. The van der Waals surface area contributed by atoms with Gasteiger partial charge in [-0.3, -0.25) is 9.88 Å². The van der Waals surface area contributed by atoms with Gasteiger partial charge in [0.1, 0.15) is 0 Å². The summed E-state index contributed by atoms with van der Waals surface area (Å²) < 4.78 is 0. The van der Waals surface area contributed by atoms with Crippen molar-refractivity contribution >= 4 is 5.97 Å². The highest BCUT2D eigenvalue weighted by Crippen LogP contribution is 2.09. The van der Waals surface area contributed by atoms with E-state index in [4.69, 9.17) is 5.11 Å². The van der Waals surface area contributed by atoms with Crippen LogP contribution in [0, 0.1) is 0 Å². The van der Waals surface area contributed by atoms with Gasteiger partial charge in [-0.2, -0.15) is 0 Å². The molecule has 0 aliphatic rings. The minimum atomic E-state index is -0.878. The zero-order valence-corrected chi connectivity index (χ0v) is 12.2. The molecular weight excluding hydrogens is 264 g/mol. The maximum Gasteiger partial charge on any atom is 0.335 e. The van der Waals surface area contributed by atoms with Gasteiger partial charge in [-0.15, -0.1) is 0 Å². The summed E-state index contributed by atoms with van der Waals surface area (Å²) in [4.78, 5) is 17.3. The summed E-state index contributed by atoms with van der Waals surface area (Å²) >= 11 is 0. The largest absolute Gasteiger partial charge is 0.478 e. The standard InChI is InChI=1S/C17H20N2O2/c1-2-19(11-8-14-6-9-18-10-7-14)13-15-4-3-5-16(12-15)17(20)21/h3-7,9-10,12H,2,8,11,13H2,1H3,(H,20,21). The molecule has 0 atom stereocenters. The van der Waals surface area contributed by atoms with E-state index in [1.165, 1.54) is 5.56 Å². The van der Waals surface area contributed by atoms with E-state index in [2.05, 4.69) is 16.8 Å². The Balaban J connectivity index is 1.95. The lowest BCUT2D eigenvalue weighted by atomic mass is 10.1. The van der Waals surface area contributed by atoms with Crippen molar-refractivity contribution in [3.8, 4) is 0 Å². The third kappa shape index (κ3) is 4.68. The van der Waals surface area contributed by atoms with Crippen molar-refractivity contribution in [2.75, 3.05) is 13.1 Å². The zero-order chi connectivity index (χ0) is 15.1. The first-order valence-electron chi connectivity index (χ1n) is 7.12. The van der Waals surface area contributed by atoms with Crippen LogP contribution in [0.5, 0.6) is 0 Å². The van der Waals surface area contributed by atoms with Gasteiger partial charge in [0.25, 0.3) is 0 Å². The highest BCUT2D eigenvalue weighted by atomic mass is 16.4. The van der Waals surface area contributed by atoms with Crippen LogP contribution in [0.2, 0.25) is 0 Å². The molecule has 0 bridgehead atoms. The summed E-state index contributed by atoms with van der Waals surface area (Å²) in [5, 5.41) is 9.03. The predicted molar refractivity (Wildman–Crippen MR) is 82.3 cm³/mol. The van der Waals surface area contributed by atoms with Gasteiger partial charge in [-0.25, -0.2) is 4.79 Å². The number of carboxylic acid groups (broad SMARTS) is 1. The SMILES string of the molecule is CCN(CCc1ccncc1)Cc1cccc(C(=O)O)c1. The van der Waals surface area contributed by atoms with Crippen LogP contribution in [0.15, 0.2) is 48.8 Å². The highest BCUT2D eigenvalue weighted by molar-refractivity contribution is 5.87. The van der Waals surface area contributed by atoms with Crippen LogP contribution in [-0.4, -0.2) is 34.0 Å². The summed E-state index contributed by atoms with van der Waals surface area (Å²) in [5.41, 5.74) is 2.65. The molecule has 0 fully saturated rings. The Hall–Kier alpha value is -2.20. The molecule has 0 aliphatic carbocycles. The number of aromatic carboxylic acids is 1. The number of rotatable bonds is 7. The van der Waals surface area contributed by atoms with Crippen molar-refractivity contribution < 1.29 is 9.90 Å². The molecule has 0 spiro atoms. The van der Waals surface area contributed by atoms with Crippen molar-refractivity contribution in [1.29, 1.82) is 0 Å². The number of pyridine rings is 1. The topological polar surface area (TPSA) is 53.4 Å². The third-order valence-corrected chi connectivity index (χ3v) is 3.49. The minimum Gasteiger partial charge on any atom is -0.478 e. The van der Waals surface area contributed by atoms with E-state index in [1.807, 2.05) is 30.6 Å². The predicted octanol–water partition coefficient (Wildman–Crippen LogP) is 2.84. The second-order valence-corrected chi connectivity index (χ2v) is 4.98. The molecule has 2 rings (SSSR count). The second-order valence-electron chi connectivity index (χ2n) is 4.98. The molecule has 1 N–H and O–H groups in total. The van der Waals surface area contributed by atoms with Crippen LogP contribution < -0.4 is 0 Å². The Morgan fingerprint density at radius 3 is 2.62 bits per heavy atom. The lowest BCUT2D eigenvalue weighted by Crippen LogP contribution is -2.25. The van der Waals surface area contributed by atoms with Gasteiger partial charge in [0.2, 0.25) is 0 Å². The Labute approximate surface area is 125 Å². The summed E-state index contributed by atoms with van der Waals surface area (Å²) in [7, 11) is 0. The number of hydrogen-bond acceptors (Lipinski definition) is 3. The van der Waals surface area contributed by atoms with Crippen LogP contribution in [0.4, 0.5) is 0 Å². The fourth-order valence-electron chi connectivity index (χ4n) is 2.25. The van der Waals surface area contributed by atoms with E-state index < -0.39 is 5.97 Å². The van der Waals surface area contributed by atoms with Crippen molar-refractivity contribution in [3.05, 3.63) is 65.5 Å². The molecule has 0 unspecified atom stereocenters. The van der Waals surface area contributed by atoms with Crippen LogP contribution in [0.25, 0.3) is 0 Å². The molecule has 0 amide bonds. The first-order chi connectivity index (χ1) is 10.2. The van der Waals surface area contributed by atoms with Gasteiger partial charge in [-0.05, 0) is 48.4 Å². The van der Waals surface area contributed by atoms with E-state index in [0.29, 0.717) is 5.56 Å². The quantitative estimate of drug-likeness (QED) is 0.849. The van der Waals surface area contributed by atoms with Gasteiger partial charge >= 0.3 is 5.97 Å². The van der Waals surface area contributed by atoms with Crippen molar-refractivity contribution in [3.63, 3.8) is 0 Å². The van der Waals surface area contributed by atoms with Gasteiger partial charge in [0.05, 0.1) is 5.56 Å². The average molecular weight is 284 g/mol. The molecule has 110 valence electrons. The normalized spacial score (nSPS) is 10.8. The molecule has 4 nitrogen and oxygen atoms in total. The summed E-state index contributed by atoms with van der Waals surface area (Å²) in [6.45, 7) is 4.76. The number of carboxylic acids is 1. The molecule has 1 heterocycles. The van der Waals surface area contributed by atoms with Gasteiger partial charge in [0.15, 0.2) is 0 Å². The van der Waals surface area contributed by atoms with Gasteiger partial charge in [-0.1, -0.05) is 19.1 Å². The Morgan fingerprint density at radius 2 is 1.95 bits per heavy atom. The number of aromatic nitrogens is 1. The van der Waals surface area contributed by atoms with Crippen LogP contribution in [-0.2, 0) is 13.0 Å². The van der Waals surface area contributed by atoms with E-state index in [0.717, 1.165) is 31.6 Å². The summed E-state index contributed by atoms with van der Waals surface area (Å²) in [6, 6.07) is 11.2. The summed E-state index contributed by atoms with van der Waals surface area (Å²) in [5.74, 6) is -0.878. The number of benzene rings is 1. The molecule has 0 radical (unpaired) electrons. The van der Waals surface area contributed by atoms with Crippen LogP contribution >= 0.6 is 0 Å². The van der Waals surface area contributed by atoms with Crippen molar-refractivity contribution in [1.82, 2.24) is 9.88 Å². The van der Waals surface area contributed by atoms with E-state index in [1.54, 1.807) is 18.2 Å². The fraction of sp³-hybridized carbons (Fsp3) is 0.294. The van der Waals surface area contributed by atoms with Gasteiger partial charge in [0, 0.05) is 25.5 Å². The third-order valence-electron chi connectivity index (χ3n) is 3.49. The molecule has 0 aliphatic heterocycles. The molecule has 4 heteroatoms. The molecule has 2 aromatic rings. The highest BCUT2D eigenvalue weighted by Gasteiger charge is 2.07. The van der Waals surface area contributed by atoms with E-state index >= 15 is 0 Å². The monoisotopic (exact) mass is 284 g/mol. The number of carbonyl (C=O) groups is 1. The lowest BCUT2D eigenvalue weighted by molar-refractivity contribution is 0.0696. The van der Waals surface area contributed by atoms with Crippen molar-refractivity contribution in [2.45, 2.75) is 19.9 Å².